The largest absolute Gasteiger partial charge is 0.478 e. The first-order valence-electron chi connectivity index (χ1n) is 16.2. The van der Waals surface area contributed by atoms with Gasteiger partial charge in [-0.3, -0.25) is 9.59 Å². The van der Waals surface area contributed by atoms with Crippen LogP contribution in [-0.4, -0.2) is 52.1 Å². The monoisotopic (exact) mass is 615 g/mol. The number of carboxylic acids is 2. The number of ether oxygens (including phenoxy) is 1. The van der Waals surface area contributed by atoms with E-state index in [1.165, 1.54) is 12.1 Å². The standard InChI is InChI=1S/C38H33NO7/c40-33(35-34(46-35)19-7-3-1-4-8-19)25-15-11-21-24-14-18-28(38(44)45)32-26(36(41)39-20-9-5-2-6-10-20)16-12-22(30(24)32)23-13-17-27(37(42)43)31(25)29(21)23/h3,7,11-20,34-35H,1-2,4-6,8-10H2,(H,39,41)(H,42,43)(H,44,45)/t19?,34?,35-/m1/s1. The van der Waals surface area contributed by atoms with Gasteiger partial charge >= 0.3 is 11.9 Å². The minimum atomic E-state index is -1.15. The Hall–Kier alpha value is -4.82. The number of aromatic carboxylic acids is 2. The maximum Gasteiger partial charge on any atom is 0.336 e. The fraction of sp³-hybridized carbons (Fsp3) is 0.316. The molecule has 0 aromatic heterocycles. The molecule has 232 valence electrons. The summed E-state index contributed by atoms with van der Waals surface area (Å²) in [6.07, 6.45) is 11.4. The third-order valence-corrected chi connectivity index (χ3v) is 10.3. The highest BCUT2D eigenvalue weighted by Gasteiger charge is 2.49. The van der Waals surface area contributed by atoms with Crippen LogP contribution in [0.1, 0.15) is 92.8 Å². The van der Waals surface area contributed by atoms with Crippen LogP contribution in [0.4, 0.5) is 0 Å². The number of nitrogens with one attached hydrogen (secondary N) is 1. The van der Waals surface area contributed by atoms with Crippen LogP contribution in [0.3, 0.4) is 0 Å². The van der Waals surface area contributed by atoms with Crippen molar-refractivity contribution in [3.05, 3.63) is 82.9 Å². The molecule has 3 aliphatic rings. The van der Waals surface area contributed by atoms with E-state index in [1.54, 1.807) is 24.3 Å². The number of epoxide rings is 1. The number of rotatable bonds is 7. The van der Waals surface area contributed by atoms with Crippen molar-refractivity contribution in [1.82, 2.24) is 5.32 Å². The molecule has 0 bridgehead atoms. The van der Waals surface area contributed by atoms with Crippen LogP contribution in [-0.2, 0) is 4.74 Å². The second-order valence-corrected chi connectivity index (χ2v) is 13.0. The SMILES string of the molecule is O=C(O)c1ccc2c3ccc(C(=O)[C@H]4OC4C4C=CCCC4)c4c(C(=O)O)ccc(c5ccc(C(=O)NC6CCCCC6)c1c52)c43. The molecule has 46 heavy (non-hydrogen) atoms. The predicted molar refractivity (Wildman–Crippen MR) is 175 cm³/mol. The molecule has 1 aliphatic heterocycles. The molecule has 1 amide bonds. The summed E-state index contributed by atoms with van der Waals surface area (Å²) < 4.78 is 5.91. The first-order valence-corrected chi connectivity index (χ1v) is 16.2. The Labute approximate surface area is 264 Å². The van der Waals surface area contributed by atoms with Gasteiger partial charge in [0.15, 0.2) is 5.78 Å². The van der Waals surface area contributed by atoms with Crippen LogP contribution in [0.2, 0.25) is 0 Å². The second kappa shape index (κ2) is 10.9. The minimum absolute atomic E-state index is 0.0176. The zero-order valence-corrected chi connectivity index (χ0v) is 25.2. The molecule has 1 saturated carbocycles. The number of carbonyl (C=O) groups excluding carboxylic acids is 2. The summed E-state index contributed by atoms with van der Waals surface area (Å²) in [5.74, 6) is -2.66. The number of hydrogen-bond donors (Lipinski definition) is 3. The van der Waals surface area contributed by atoms with Gasteiger partial charge in [0.25, 0.3) is 5.91 Å². The molecule has 0 radical (unpaired) electrons. The van der Waals surface area contributed by atoms with Gasteiger partial charge in [0.05, 0.1) is 17.2 Å². The molecule has 2 fully saturated rings. The summed E-state index contributed by atoms with van der Waals surface area (Å²) in [5, 5.41) is 28.4. The zero-order valence-electron chi connectivity index (χ0n) is 25.2. The van der Waals surface area contributed by atoms with Gasteiger partial charge in [-0.2, -0.15) is 0 Å². The Balaban J connectivity index is 1.35. The van der Waals surface area contributed by atoms with E-state index >= 15 is 0 Å². The lowest BCUT2D eigenvalue weighted by Crippen LogP contribution is -2.36. The third-order valence-electron chi connectivity index (χ3n) is 10.3. The molecule has 2 unspecified atom stereocenters. The maximum atomic E-state index is 14.0. The van der Waals surface area contributed by atoms with Crippen molar-refractivity contribution in [1.29, 1.82) is 0 Å². The van der Waals surface area contributed by atoms with Crippen LogP contribution >= 0.6 is 0 Å². The predicted octanol–water partition coefficient (Wildman–Crippen LogP) is 7.50. The van der Waals surface area contributed by atoms with Crippen molar-refractivity contribution in [2.75, 3.05) is 0 Å². The molecular formula is C38H33NO7. The van der Waals surface area contributed by atoms with E-state index in [4.69, 9.17) is 4.74 Å². The molecule has 8 nitrogen and oxygen atoms in total. The van der Waals surface area contributed by atoms with Gasteiger partial charge in [-0.15, -0.1) is 0 Å². The lowest BCUT2D eigenvalue weighted by Gasteiger charge is -2.24. The third kappa shape index (κ3) is 4.46. The van der Waals surface area contributed by atoms with Crippen molar-refractivity contribution in [2.45, 2.75) is 69.6 Å². The molecule has 3 atom stereocenters. The number of carbonyl (C=O) groups is 4. The van der Waals surface area contributed by atoms with Crippen LogP contribution in [0.25, 0.3) is 43.1 Å². The van der Waals surface area contributed by atoms with Crippen molar-refractivity contribution in [3.8, 4) is 0 Å². The molecule has 5 aromatic rings. The highest BCUT2D eigenvalue weighted by molar-refractivity contribution is 6.38. The first kappa shape index (κ1) is 28.6. The summed E-state index contributed by atoms with van der Waals surface area (Å²) >= 11 is 0. The lowest BCUT2D eigenvalue weighted by molar-refractivity contribution is 0.0688. The van der Waals surface area contributed by atoms with E-state index in [0.717, 1.165) is 51.4 Å². The maximum absolute atomic E-state index is 14.0. The number of hydrogen-bond acceptors (Lipinski definition) is 5. The van der Waals surface area contributed by atoms with Gasteiger partial charge in [0.2, 0.25) is 0 Å². The van der Waals surface area contributed by atoms with Crippen LogP contribution in [0.5, 0.6) is 0 Å². The highest BCUT2D eigenvalue weighted by Crippen LogP contribution is 2.45. The van der Waals surface area contributed by atoms with Crippen molar-refractivity contribution in [2.24, 2.45) is 5.92 Å². The number of benzene rings is 5. The summed E-state index contributed by atoms with van der Waals surface area (Å²) in [6, 6.07) is 13.5. The lowest BCUT2D eigenvalue weighted by atomic mass is 9.83. The number of Topliss-reactive ketones (excluding diaryl/α,β-unsaturated/α-hetero) is 1. The number of amides is 1. The second-order valence-electron chi connectivity index (χ2n) is 13.0. The Kier molecular flexibility index (Phi) is 6.79. The van der Waals surface area contributed by atoms with E-state index in [-0.39, 0.29) is 40.9 Å². The van der Waals surface area contributed by atoms with Gasteiger partial charge in [-0.1, -0.05) is 61.7 Å². The summed E-state index contributed by atoms with van der Waals surface area (Å²) in [4.78, 5) is 52.8. The van der Waals surface area contributed by atoms with E-state index in [9.17, 15) is 29.4 Å². The van der Waals surface area contributed by atoms with Gasteiger partial charge in [0.1, 0.15) is 6.10 Å². The number of fused-ring (bicyclic) bond motifs is 2. The van der Waals surface area contributed by atoms with E-state index in [0.29, 0.717) is 54.2 Å². The minimum Gasteiger partial charge on any atom is -0.478 e. The number of carboxylic acid groups (broad SMARTS) is 2. The number of ketones is 1. The molecular weight excluding hydrogens is 582 g/mol. The van der Waals surface area contributed by atoms with Crippen LogP contribution < -0.4 is 5.32 Å². The molecule has 5 aromatic carbocycles. The average Bonchev–Trinajstić information content (AvgIpc) is 3.88. The molecule has 0 spiro atoms. The van der Waals surface area contributed by atoms with E-state index in [2.05, 4.69) is 17.5 Å². The molecule has 2 aliphatic carbocycles. The topological polar surface area (TPSA) is 133 Å². The summed E-state index contributed by atoms with van der Waals surface area (Å²) in [7, 11) is 0. The smallest absolute Gasteiger partial charge is 0.336 e. The fourth-order valence-corrected chi connectivity index (χ4v) is 8.08. The Morgan fingerprint density at radius 3 is 1.72 bits per heavy atom. The molecule has 1 saturated heterocycles. The Morgan fingerprint density at radius 2 is 1.17 bits per heavy atom. The van der Waals surface area contributed by atoms with Crippen molar-refractivity contribution < 1.29 is 34.1 Å². The van der Waals surface area contributed by atoms with Gasteiger partial charge in [-0.25, -0.2) is 9.59 Å². The van der Waals surface area contributed by atoms with Crippen LogP contribution in [0.15, 0.2) is 60.7 Å². The molecule has 8 rings (SSSR count). The average molecular weight is 616 g/mol. The zero-order chi connectivity index (χ0) is 31.7. The first-order chi connectivity index (χ1) is 22.3. The highest BCUT2D eigenvalue weighted by atomic mass is 16.6. The Bertz CT molecular complexity index is 2120. The van der Waals surface area contributed by atoms with Crippen molar-refractivity contribution >= 4 is 66.7 Å². The van der Waals surface area contributed by atoms with Crippen molar-refractivity contribution in [3.63, 3.8) is 0 Å². The van der Waals surface area contributed by atoms with Gasteiger partial charge in [-0.05, 0) is 82.6 Å². The molecule has 3 N–H and O–H groups in total. The number of allylic oxidation sites excluding steroid dienone is 1. The normalized spacial score (nSPS) is 21.7. The molecule has 8 heteroatoms. The van der Waals surface area contributed by atoms with E-state index < -0.39 is 18.0 Å². The fourth-order valence-electron chi connectivity index (χ4n) is 8.08. The van der Waals surface area contributed by atoms with Crippen LogP contribution in [0, 0.1) is 5.92 Å². The van der Waals surface area contributed by atoms with E-state index in [1.807, 2.05) is 12.1 Å². The Morgan fingerprint density at radius 1 is 0.630 bits per heavy atom. The molecule has 1 heterocycles. The van der Waals surface area contributed by atoms with Gasteiger partial charge in [0, 0.05) is 33.9 Å². The summed E-state index contributed by atoms with van der Waals surface area (Å²) in [5.41, 5.74) is 0.641. The summed E-state index contributed by atoms with van der Waals surface area (Å²) in [6.45, 7) is 0. The quantitative estimate of drug-likeness (QED) is 0.0567. The van der Waals surface area contributed by atoms with Gasteiger partial charge < -0.3 is 20.3 Å².